The second-order valence-corrected chi connectivity index (χ2v) is 7.65. The molecule has 1 aliphatic heterocycles. The second-order valence-electron chi connectivity index (χ2n) is 5.19. The van der Waals surface area contributed by atoms with Crippen molar-refractivity contribution < 1.29 is 13.2 Å². The van der Waals surface area contributed by atoms with Crippen molar-refractivity contribution in [2.75, 3.05) is 31.5 Å². The molecule has 1 heterocycles. The molecular formula is C14H19BrN2O3S. The topological polar surface area (TPSA) is 57.7 Å². The summed E-state index contributed by atoms with van der Waals surface area (Å²) in [5.74, 6) is -0.00133. The molecule has 0 N–H and O–H groups in total. The van der Waals surface area contributed by atoms with E-state index in [1.807, 2.05) is 26.0 Å². The van der Waals surface area contributed by atoms with Crippen LogP contribution in [0.2, 0.25) is 0 Å². The minimum absolute atomic E-state index is 0.00133. The van der Waals surface area contributed by atoms with E-state index in [4.69, 9.17) is 0 Å². The predicted molar refractivity (Wildman–Crippen MR) is 85.0 cm³/mol. The van der Waals surface area contributed by atoms with Gasteiger partial charge in [0.2, 0.25) is 15.9 Å². The van der Waals surface area contributed by atoms with E-state index in [-0.39, 0.29) is 11.2 Å². The number of benzene rings is 1. The van der Waals surface area contributed by atoms with Crippen LogP contribution in [0.25, 0.3) is 0 Å². The Morgan fingerprint density at radius 1 is 1.19 bits per heavy atom. The molecule has 1 aliphatic rings. The third kappa shape index (κ3) is 3.46. The minimum Gasteiger partial charge on any atom is -0.339 e. The Kier molecular flexibility index (Phi) is 5.06. The van der Waals surface area contributed by atoms with Crippen molar-refractivity contribution in [3.05, 3.63) is 29.3 Å². The summed E-state index contributed by atoms with van der Waals surface area (Å²) in [7, 11) is -3.48. The number of carbonyl (C=O) groups excluding carboxylic acids is 1. The number of amides is 1. The van der Waals surface area contributed by atoms with Crippen molar-refractivity contribution in [1.29, 1.82) is 0 Å². The maximum absolute atomic E-state index is 12.7. The lowest BCUT2D eigenvalue weighted by atomic mass is 10.2. The summed E-state index contributed by atoms with van der Waals surface area (Å²) in [6.07, 6.45) is 0. The van der Waals surface area contributed by atoms with Crippen molar-refractivity contribution in [2.45, 2.75) is 18.7 Å². The van der Waals surface area contributed by atoms with Gasteiger partial charge in [-0.25, -0.2) is 8.42 Å². The number of carbonyl (C=O) groups is 1. The normalized spacial score (nSPS) is 17.0. The first kappa shape index (κ1) is 16.5. The molecule has 0 unspecified atom stereocenters. The van der Waals surface area contributed by atoms with Gasteiger partial charge in [-0.1, -0.05) is 33.6 Å². The first-order valence-corrected chi connectivity index (χ1v) is 9.33. The number of nitrogens with zero attached hydrogens (tertiary/aromatic N) is 2. The monoisotopic (exact) mass is 374 g/mol. The highest BCUT2D eigenvalue weighted by molar-refractivity contribution is 9.09. The Hall–Kier alpha value is -0.920. The minimum atomic E-state index is -3.48. The summed E-state index contributed by atoms with van der Waals surface area (Å²) < 4.78 is 26.8. The quantitative estimate of drug-likeness (QED) is 0.753. The lowest BCUT2D eigenvalue weighted by Crippen LogP contribution is -2.50. The Morgan fingerprint density at radius 3 is 2.33 bits per heavy atom. The third-order valence-electron chi connectivity index (χ3n) is 3.65. The number of alkyl halides is 1. The number of piperazine rings is 1. The van der Waals surface area contributed by atoms with Crippen LogP contribution in [0.5, 0.6) is 0 Å². The van der Waals surface area contributed by atoms with E-state index >= 15 is 0 Å². The number of hydrogen-bond donors (Lipinski definition) is 0. The van der Waals surface area contributed by atoms with Crippen LogP contribution in [0, 0.1) is 13.8 Å². The van der Waals surface area contributed by atoms with Crippen LogP contribution in [-0.4, -0.2) is 55.0 Å². The molecule has 0 aliphatic carbocycles. The zero-order valence-electron chi connectivity index (χ0n) is 12.2. The lowest BCUT2D eigenvalue weighted by Gasteiger charge is -2.34. The molecule has 1 aromatic rings. The Balaban J connectivity index is 2.17. The molecule has 0 saturated carbocycles. The summed E-state index contributed by atoms with van der Waals surface area (Å²) in [6, 6.07) is 5.35. The van der Waals surface area contributed by atoms with Gasteiger partial charge >= 0.3 is 0 Å². The van der Waals surface area contributed by atoms with Gasteiger partial charge in [0.1, 0.15) is 0 Å². The van der Waals surface area contributed by atoms with Crippen LogP contribution < -0.4 is 0 Å². The van der Waals surface area contributed by atoms with E-state index in [0.717, 1.165) is 11.1 Å². The van der Waals surface area contributed by atoms with Gasteiger partial charge in [0.25, 0.3) is 0 Å². The maximum Gasteiger partial charge on any atom is 0.243 e. The summed E-state index contributed by atoms with van der Waals surface area (Å²) in [4.78, 5) is 13.6. The highest BCUT2D eigenvalue weighted by Crippen LogP contribution is 2.22. The third-order valence-corrected chi connectivity index (χ3v) is 6.19. The zero-order chi connectivity index (χ0) is 15.6. The Labute approximate surface area is 134 Å². The molecule has 1 aromatic carbocycles. The highest BCUT2D eigenvalue weighted by Gasteiger charge is 2.30. The van der Waals surface area contributed by atoms with Gasteiger partial charge in [-0.15, -0.1) is 0 Å². The first-order valence-electron chi connectivity index (χ1n) is 6.77. The SMILES string of the molecule is Cc1ccc(S(=O)(=O)N2CCN(C(=O)CBr)CC2)c(C)c1. The summed E-state index contributed by atoms with van der Waals surface area (Å²) in [5, 5.41) is 0.275. The summed E-state index contributed by atoms with van der Waals surface area (Å²) in [6.45, 7) is 5.31. The van der Waals surface area contributed by atoms with E-state index < -0.39 is 10.0 Å². The fraction of sp³-hybridized carbons (Fsp3) is 0.500. The number of hydrogen-bond acceptors (Lipinski definition) is 3. The van der Waals surface area contributed by atoms with E-state index in [0.29, 0.717) is 31.1 Å². The van der Waals surface area contributed by atoms with Crippen molar-refractivity contribution >= 4 is 31.9 Å². The van der Waals surface area contributed by atoms with Crippen LogP contribution in [0.4, 0.5) is 0 Å². The lowest BCUT2D eigenvalue weighted by molar-refractivity contribution is -0.129. The molecule has 2 rings (SSSR count). The number of sulfonamides is 1. The number of aryl methyl sites for hydroxylation is 2. The highest BCUT2D eigenvalue weighted by atomic mass is 79.9. The molecule has 0 bridgehead atoms. The molecule has 0 spiro atoms. The van der Waals surface area contributed by atoms with Gasteiger partial charge in [-0.2, -0.15) is 4.31 Å². The van der Waals surface area contributed by atoms with Crippen LogP contribution >= 0.6 is 15.9 Å². The smallest absolute Gasteiger partial charge is 0.243 e. The largest absolute Gasteiger partial charge is 0.339 e. The summed E-state index contributed by atoms with van der Waals surface area (Å²) in [5.41, 5.74) is 1.80. The average molecular weight is 375 g/mol. The van der Waals surface area contributed by atoms with Crippen LogP contribution in [0.15, 0.2) is 23.1 Å². The van der Waals surface area contributed by atoms with E-state index in [2.05, 4.69) is 15.9 Å². The van der Waals surface area contributed by atoms with E-state index in [1.54, 1.807) is 11.0 Å². The van der Waals surface area contributed by atoms with E-state index in [1.165, 1.54) is 4.31 Å². The molecule has 0 aromatic heterocycles. The first-order chi connectivity index (χ1) is 9.86. The predicted octanol–water partition coefficient (Wildman–Crippen LogP) is 1.53. The van der Waals surface area contributed by atoms with Crippen LogP contribution in [-0.2, 0) is 14.8 Å². The van der Waals surface area contributed by atoms with Gasteiger partial charge < -0.3 is 4.90 Å². The maximum atomic E-state index is 12.7. The van der Waals surface area contributed by atoms with Gasteiger partial charge in [0, 0.05) is 26.2 Å². The Bertz CT molecular complexity index is 638. The van der Waals surface area contributed by atoms with Gasteiger partial charge in [-0.3, -0.25) is 4.79 Å². The average Bonchev–Trinajstić information content (AvgIpc) is 2.46. The van der Waals surface area contributed by atoms with Gasteiger partial charge in [0.15, 0.2) is 0 Å². The second kappa shape index (κ2) is 6.46. The molecule has 116 valence electrons. The van der Waals surface area contributed by atoms with E-state index in [9.17, 15) is 13.2 Å². The fourth-order valence-corrected chi connectivity index (χ4v) is 4.47. The Morgan fingerprint density at radius 2 is 1.81 bits per heavy atom. The van der Waals surface area contributed by atoms with Gasteiger partial charge in [-0.05, 0) is 25.5 Å². The molecule has 0 atom stereocenters. The number of halogens is 1. The summed E-state index contributed by atoms with van der Waals surface area (Å²) >= 11 is 3.13. The molecule has 0 radical (unpaired) electrons. The van der Waals surface area contributed by atoms with Crippen molar-refractivity contribution in [3.8, 4) is 0 Å². The standard InChI is InChI=1S/C14H19BrN2O3S/c1-11-3-4-13(12(2)9-11)21(19,20)17-7-5-16(6-8-17)14(18)10-15/h3-4,9H,5-8,10H2,1-2H3. The molecule has 7 heteroatoms. The number of rotatable bonds is 3. The van der Waals surface area contributed by atoms with Crippen molar-refractivity contribution in [2.24, 2.45) is 0 Å². The van der Waals surface area contributed by atoms with Crippen LogP contribution in [0.1, 0.15) is 11.1 Å². The van der Waals surface area contributed by atoms with Crippen molar-refractivity contribution in [1.82, 2.24) is 9.21 Å². The van der Waals surface area contributed by atoms with Gasteiger partial charge in [0.05, 0.1) is 10.2 Å². The molecular weight excluding hydrogens is 356 g/mol. The molecule has 5 nitrogen and oxygen atoms in total. The fourth-order valence-electron chi connectivity index (χ4n) is 2.49. The molecule has 1 fully saturated rings. The molecule has 1 amide bonds. The molecule has 21 heavy (non-hydrogen) atoms. The van der Waals surface area contributed by atoms with Crippen molar-refractivity contribution in [3.63, 3.8) is 0 Å². The van der Waals surface area contributed by atoms with Crippen LogP contribution in [0.3, 0.4) is 0 Å². The zero-order valence-corrected chi connectivity index (χ0v) is 14.6. The molecule has 1 saturated heterocycles.